The summed E-state index contributed by atoms with van der Waals surface area (Å²) in [6, 6.07) is 14.9. The molecule has 0 spiro atoms. The summed E-state index contributed by atoms with van der Waals surface area (Å²) in [6.45, 7) is 9.94. The molecule has 0 fully saturated rings. The highest BCUT2D eigenvalue weighted by Crippen LogP contribution is 2.53. The number of carbonyl (C=O) groups excluding carboxylic acids is 1. The highest BCUT2D eigenvalue weighted by atomic mass is 16.5. The molecule has 0 aromatic heterocycles. The van der Waals surface area contributed by atoms with Crippen LogP contribution in [0, 0.1) is 19.3 Å². The minimum atomic E-state index is -0.280. The Kier molecular flexibility index (Phi) is 4.12. The quantitative estimate of drug-likeness (QED) is 0.781. The van der Waals surface area contributed by atoms with Gasteiger partial charge in [0.2, 0.25) is 0 Å². The summed E-state index contributed by atoms with van der Waals surface area (Å²) >= 11 is 0. The van der Waals surface area contributed by atoms with Crippen LogP contribution in [0.2, 0.25) is 0 Å². The van der Waals surface area contributed by atoms with Gasteiger partial charge in [-0.25, -0.2) is 0 Å². The fourth-order valence-electron chi connectivity index (χ4n) is 3.58. The van der Waals surface area contributed by atoms with E-state index < -0.39 is 0 Å². The second-order valence-corrected chi connectivity index (χ2v) is 7.39. The maximum absolute atomic E-state index is 11.7. The van der Waals surface area contributed by atoms with Crippen LogP contribution >= 0.6 is 0 Å². The summed E-state index contributed by atoms with van der Waals surface area (Å²) in [5.41, 5.74) is 5.42. The van der Waals surface area contributed by atoms with Gasteiger partial charge >= 0.3 is 5.97 Å². The van der Waals surface area contributed by atoms with Crippen LogP contribution in [0.15, 0.2) is 42.5 Å². The Bertz CT molecular complexity index is 762. The smallest absolute Gasteiger partial charge is 0.303 e. The molecule has 2 unspecified atom stereocenters. The highest BCUT2D eigenvalue weighted by molar-refractivity contribution is 5.68. The molecular weight excluding hydrogens is 298 g/mol. The molecule has 1 heterocycles. The summed E-state index contributed by atoms with van der Waals surface area (Å²) in [4.78, 5) is 11.7. The molecule has 2 aromatic rings. The molecule has 3 nitrogen and oxygen atoms in total. The lowest BCUT2D eigenvalue weighted by Crippen LogP contribution is -2.40. The van der Waals surface area contributed by atoms with Crippen molar-refractivity contribution in [1.82, 2.24) is 0 Å². The number of rotatable bonds is 2. The van der Waals surface area contributed by atoms with Gasteiger partial charge in [0.05, 0.1) is 6.04 Å². The third-order valence-corrected chi connectivity index (χ3v) is 4.90. The van der Waals surface area contributed by atoms with E-state index in [9.17, 15) is 4.79 Å². The van der Waals surface area contributed by atoms with Gasteiger partial charge in [-0.1, -0.05) is 61.4 Å². The molecule has 1 aliphatic heterocycles. The first-order chi connectivity index (χ1) is 11.3. The number of nitrogens with one attached hydrogen (secondary N) is 1. The number of aryl methyl sites for hydroxylation is 2. The van der Waals surface area contributed by atoms with Gasteiger partial charge < -0.3 is 10.1 Å². The van der Waals surface area contributed by atoms with Crippen molar-refractivity contribution in [2.45, 2.75) is 46.8 Å². The van der Waals surface area contributed by atoms with E-state index in [4.69, 9.17) is 4.74 Å². The molecule has 0 amide bonds. The number of anilines is 1. The van der Waals surface area contributed by atoms with Crippen LogP contribution in [0.25, 0.3) is 0 Å². The topological polar surface area (TPSA) is 38.3 Å². The van der Waals surface area contributed by atoms with Crippen LogP contribution in [-0.4, -0.2) is 5.97 Å². The zero-order chi connectivity index (χ0) is 17.5. The lowest BCUT2D eigenvalue weighted by molar-refractivity contribution is -0.154. The third-order valence-electron chi connectivity index (χ3n) is 4.90. The zero-order valence-electron chi connectivity index (χ0n) is 15.0. The number of esters is 1. The zero-order valence-corrected chi connectivity index (χ0v) is 15.0. The molecule has 0 radical (unpaired) electrons. The van der Waals surface area contributed by atoms with Crippen molar-refractivity contribution in [3.63, 3.8) is 0 Å². The number of benzene rings is 2. The predicted molar refractivity (Wildman–Crippen MR) is 97.0 cm³/mol. The van der Waals surface area contributed by atoms with Gasteiger partial charge in [-0.05, 0) is 25.5 Å². The third kappa shape index (κ3) is 2.91. The average Bonchev–Trinajstić information content (AvgIpc) is 2.51. The van der Waals surface area contributed by atoms with E-state index >= 15 is 0 Å². The molecule has 2 aromatic carbocycles. The molecule has 24 heavy (non-hydrogen) atoms. The summed E-state index contributed by atoms with van der Waals surface area (Å²) in [5.74, 6) is -0.245. The van der Waals surface area contributed by atoms with E-state index in [-0.39, 0.29) is 23.5 Å². The van der Waals surface area contributed by atoms with Crippen LogP contribution in [0.4, 0.5) is 5.69 Å². The highest BCUT2D eigenvalue weighted by Gasteiger charge is 2.45. The Hall–Kier alpha value is -2.29. The van der Waals surface area contributed by atoms with Crippen LogP contribution in [-0.2, 0) is 9.53 Å². The summed E-state index contributed by atoms with van der Waals surface area (Å²) < 4.78 is 5.78. The first-order valence-corrected chi connectivity index (χ1v) is 8.40. The average molecular weight is 323 g/mol. The second-order valence-electron chi connectivity index (χ2n) is 7.39. The number of carbonyl (C=O) groups is 1. The first kappa shape index (κ1) is 16.6. The van der Waals surface area contributed by atoms with Gasteiger partial charge in [-0.15, -0.1) is 0 Å². The van der Waals surface area contributed by atoms with E-state index in [1.807, 2.05) is 0 Å². The minimum Gasteiger partial charge on any atom is -0.457 e. The molecular formula is C21H25NO2. The predicted octanol–water partition coefficient (Wildman–Crippen LogP) is 5.10. The van der Waals surface area contributed by atoms with Crippen molar-refractivity contribution in [3.05, 3.63) is 64.7 Å². The van der Waals surface area contributed by atoms with Crippen LogP contribution in [0.3, 0.4) is 0 Å². The molecule has 126 valence electrons. The molecule has 0 bridgehead atoms. The van der Waals surface area contributed by atoms with Crippen molar-refractivity contribution in [1.29, 1.82) is 0 Å². The van der Waals surface area contributed by atoms with Gasteiger partial charge in [-0.2, -0.15) is 0 Å². The Balaban J connectivity index is 2.11. The normalized spacial score (nSPS) is 21.5. The fourth-order valence-corrected chi connectivity index (χ4v) is 3.58. The van der Waals surface area contributed by atoms with E-state index in [1.165, 1.54) is 18.1 Å². The van der Waals surface area contributed by atoms with Gasteiger partial charge in [0.1, 0.15) is 6.10 Å². The van der Waals surface area contributed by atoms with Crippen molar-refractivity contribution >= 4 is 11.7 Å². The molecule has 2 atom stereocenters. The molecule has 3 rings (SSSR count). The first-order valence-electron chi connectivity index (χ1n) is 8.40. The maximum atomic E-state index is 11.7. The summed E-state index contributed by atoms with van der Waals surface area (Å²) in [7, 11) is 0. The summed E-state index contributed by atoms with van der Waals surface area (Å²) in [5, 5.41) is 3.66. The minimum absolute atomic E-state index is 0.0673. The molecule has 1 N–H and O–H groups in total. The van der Waals surface area contributed by atoms with E-state index in [0.29, 0.717) is 0 Å². The number of fused-ring (bicyclic) bond motifs is 1. The maximum Gasteiger partial charge on any atom is 0.303 e. The number of ether oxygens (including phenoxy) is 1. The second kappa shape index (κ2) is 5.97. The summed E-state index contributed by atoms with van der Waals surface area (Å²) in [6.07, 6.45) is -0.280. The Morgan fingerprint density at radius 1 is 1.04 bits per heavy atom. The molecule has 0 aliphatic carbocycles. The van der Waals surface area contributed by atoms with Crippen LogP contribution in [0.5, 0.6) is 0 Å². The van der Waals surface area contributed by atoms with Crippen molar-refractivity contribution in [2.24, 2.45) is 5.41 Å². The van der Waals surface area contributed by atoms with Crippen molar-refractivity contribution in [3.8, 4) is 0 Å². The molecule has 1 aliphatic rings. The van der Waals surface area contributed by atoms with E-state index in [2.05, 4.69) is 75.5 Å². The van der Waals surface area contributed by atoms with Crippen LogP contribution < -0.4 is 5.32 Å². The van der Waals surface area contributed by atoms with Gasteiger partial charge in [0.25, 0.3) is 0 Å². The van der Waals surface area contributed by atoms with E-state index in [1.54, 1.807) is 0 Å². The van der Waals surface area contributed by atoms with Gasteiger partial charge in [-0.3, -0.25) is 4.79 Å². The Morgan fingerprint density at radius 2 is 1.67 bits per heavy atom. The lowest BCUT2D eigenvalue weighted by Gasteiger charge is -2.46. The number of hydrogen-bond acceptors (Lipinski definition) is 3. The van der Waals surface area contributed by atoms with Crippen molar-refractivity contribution in [2.75, 3.05) is 5.32 Å². The lowest BCUT2D eigenvalue weighted by atomic mass is 9.70. The van der Waals surface area contributed by atoms with Crippen LogP contribution in [0.1, 0.15) is 55.2 Å². The standard InChI is InChI=1S/C21H25NO2/c1-13-6-9-16(10-7-13)19-21(4,5)20(24-15(3)23)17-12-14(2)8-11-18(17)22-19/h6-12,19-20,22H,1-5H3. The monoisotopic (exact) mass is 323 g/mol. The molecule has 0 saturated heterocycles. The molecule has 3 heteroatoms. The van der Waals surface area contributed by atoms with E-state index in [0.717, 1.165) is 16.8 Å². The fraction of sp³-hybridized carbons (Fsp3) is 0.381. The Labute approximate surface area is 144 Å². The largest absolute Gasteiger partial charge is 0.457 e. The van der Waals surface area contributed by atoms with Crippen molar-refractivity contribution < 1.29 is 9.53 Å². The SMILES string of the molecule is CC(=O)OC1c2cc(C)ccc2NC(c2ccc(C)cc2)C1(C)C. The Morgan fingerprint density at radius 3 is 2.29 bits per heavy atom. The van der Waals surface area contributed by atoms with Gasteiger partial charge in [0, 0.05) is 23.6 Å². The van der Waals surface area contributed by atoms with Gasteiger partial charge in [0.15, 0.2) is 0 Å². The number of hydrogen-bond donors (Lipinski definition) is 1. The molecule has 0 saturated carbocycles.